The second-order valence-corrected chi connectivity index (χ2v) is 9.48. The van der Waals surface area contributed by atoms with E-state index in [9.17, 15) is 4.79 Å². The van der Waals surface area contributed by atoms with Crippen LogP contribution in [0.2, 0.25) is 0 Å². The number of benzene rings is 2. The highest BCUT2D eigenvalue weighted by atomic mass is 19.1. The lowest BCUT2D eigenvalue weighted by Gasteiger charge is -2.36. The van der Waals surface area contributed by atoms with Crippen molar-refractivity contribution in [3.8, 4) is 5.75 Å². The third-order valence-corrected chi connectivity index (χ3v) is 7.40. The van der Waals surface area contributed by atoms with E-state index < -0.39 is 24.1 Å². The van der Waals surface area contributed by atoms with Gasteiger partial charge in [-0.05, 0) is 29.7 Å². The average Bonchev–Trinajstić information content (AvgIpc) is 3.49. The largest absolute Gasteiger partial charge is 0.462 e. The Labute approximate surface area is 211 Å². The maximum absolute atomic E-state index is 15.4. The topological polar surface area (TPSA) is 105 Å². The number of amides is 1. The van der Waals surface area contributed by atoms with Gasteiger partial charge in [-0.1, -0.05) is 18.2 Å². The highest BCUT2D eigenvalue weighted by Gasteiger charge is 2.45. The number of carbonyl (C=O) groups is 1. The fourth-order valence-electron chi connectivity index (χ4n) is 5.58. The van der Waals surface area contributed by atoms with Crippen molar-refractivity contribution in [3.63, 3.8) is 0 Å². The molecule has 0 spiro atoms. The Hall–Kier alpha value is -4.02. The highest BCUT2D eigenvalue weighted by Crippen LogP contribution is 2.44. The van der Waals surface area contributed by atoms with Gasteiger partial charge in [0, 0.05) is 30.6 Å². The standard InChI is InChI=1S/C27H24FN5O4/c1-32-23-18-11-17(20(28)12-21(18)31-25(29)19(23)13-30-32)26(34)33-6-9-36-27-24(33)16-3-2-15(10-22(16)37-27)14-4-7-35-8-5-14/h2-4,10-13,24,27H,5-9H2,1H3,(H2,29,31)/t24-,27+/m0/s1. The Morgan fingerprint density at radius 3 is 2.92 bits per heavy atom. The molecule has 5 heterocycles. The Kier molecular flexibility index (Phi) is 4.95. The summed E-state index contributed by atoms with van der Waals surface area (Å²) in [5, 5.41) is 5.53. The smallest absolute Gasteiger partial charge is 0.257 e. The average molecular weight is 502 g/mol. The number of morpholine rings is 1. The van der Waals surface area contributed by atoms with Gasteiger partial charge in [-0.15, -0.1) is 0 Å². The number of aromatic nitrogens is 3. The van der Waals surface area contributed by atoms with Crippen LogP contribution in [0.25, 0.3) is 27.4 Å². The summed E-state index contributed by atoms with van der Waals surface area (Å²) in [5.74, 6) is -0.150. The number of nitrogens with zero attached hydrogens (tertiary/aromatic N) is 4. The van der Waals surface area contributed by atoms with E-state index in [1.165, 1.54) is 11.6 Å². The van der Waals surface area contributed by atoms with E-state index in [2.05, 4.69) is 16.2 Å². The van der Waals surface area contributed by atoms with Crippen LogP contribution in [-0.4, -0.2) is 58.2 Å². The minimum absolute atomic E-state index is 0.0420. The van der Waals surface area contributed by atoms with Crippen molar-refractivity contribution in [2.24, 2.45) is 7.05 Å². The summed E-state index contributed by atoms with van der Waals surface area (Å²) in [4.78, 5) is 19.8. The molecular weight excluding hydrogens is 477 g/mol. The van der Waals surface area contributed by atoms with Crippen LogP contribution in [0.4, 0.5) is 10.2 Å². The molecule has 2 atom stereocenters. The van der Waals surface area contributed by atoms with Gasteiger partial charge in [-0.25, -0.2) is 9.37 Å². The summed E-state index contributed by atoms with van der Waals surface area (Å²) in [6.45, 7) is 1.88. The maximum Gasteiger partial charge on any atom is 0.257 e. The molecule has 188 valence electrons. The van der Waals surface area contributed by atoms with Gasteiger partial charge in [0.25, 0.3) is 5.91 Å². The zero-order chi connectivity index (χ0) is 25.3. The van der Waals surface area contributed by atoms with E-state index in [0.29, 0.717) is 47.3 Å². The van der Waals surface area contributed by atoms with Crippen LogP contribution in [0.5, 0.6) is 5.75 Å². The molecule has 3 aliphatic heterocycles. The first-order valence-electron chi connectivity index (χ1n) is 12.2. The lowest BCUT2D eigenvalue weighted by atomic mass is 9.97. The molecule has 0 unspecified atom stereocenters. The van der Waals surface area contributed by atoms with Crippen molar-refractivity contribution in [2.75, 3.05) is 32.1 Å². The molecular formula is C27H24FN5O4. The number of aryl methyl sites for hydroxylation is 1. The molecule has 1 fully saturated rings. The molecule has 1 saturated heterocycles. The molecule has 4 aromatic rings. The molecule has 7 rings (SSSR count). The van der Waals surface area contributed by atoms with E-state index in [1.54, 1.807) is 28.9 Å². The molecule has 0 saturated carbocycles. The second-order valence-electron chi connectivity index (χ2n) is 9.48. The lowest BCUT2D eigenvalue weighted by molar-refractivity contribution is -0.140. The summed E-state index contributed by atoms with van der Waals surface area (Å²) in [6.07, 6.45) is 3.87. The van der Waals surface area contributed by atoms with Crippen molar-refractivity contribution >= 4 is 39.1 Å². The summed E-state index contributed by atoms with van der Waals surface area (Å²) in [6, 6.07) is 8.32. The normalized spacial score (nSPS) is 21.0. The third kappa shape index (κ3) is 3.40. The summed E-state index contributed by atoms with van der Waals surface area (Å²) in [5.41, 5.74) is 10.2. The van der Waals surface area contributed by atoms with E-state index in [-0.39, 0.29) is 18.0 Å². The van der Waals surface area contributed by atoms with E-state index in [1.807, 2.05) is 18.2 Å². The fourth-order valence-corrected chi connectivity index (χ4v) is 5.58. The number of hydrogen-bond acceptors (Lipinski definition) is 7. The first-order chi connectivity index (χ1) is 18.0. The molecule has 0 aliphatic carbocycles. The molecule has 10 heteroatoms. The van der Waals surface area contributed by atoms with Gasteiger partial charge in [-0.2, -0.15) is 5.10 Å². The number of rotatable bonds is 2. The van der Waals surface area contributed by atoms with Crippen LogP contribution in [0, 0.1) is 5.82 Å². The molecule has 9 nitrogen and oxygen atoms in total. The molecule has 1 amide bonds. The minimum Gasteiger partial charge on any atom is -0.462 e. The molecule has 37 heavy (non-hydrogen) atoms. The van der Waals surface area contributed by atoms with Gasteiger partial charge in [-0.3, -0.25) is 9.48 Å². The van der Waals surface area contributed by atoms with Gasteiger partial charge in [0.1, 0.15) is 23.4 Å². The molecule has 2 N–H and O–H groups in total. The van der Waals surface area contributed by atoms with Crippen molar-refractivity contribution in [3.05, 3.63) is 65.1 Å². The zero-order valence-electron chi connectivity index (χ0n) is 20.1. The molecule has 0 radical (unpaired) electrons. The Balaban J connectivity index is 1.29. The third-order valence-electron chi connectivity index (χ3n) is 7.40. The Morgan fingerprint density at radius 2 is 2.08 bits per heavy atom. The van der Waals surface area contributed by atoms with Crippen molar-refractivity contribution in [1.29, 1.82) is 0 Å². The maximum atomic E-state index is 15.4. The number of ether oxygens (including phenoxy) is 3. The number of fused-ring (bicyclic) bond motifs is 6. The van der Waals surface area contributed by atoms with E-state index >= 15 is 4.39 Å². The van der Waals surface area contributed by atoms with Crippen molar-refractivity contribution < 1.29 is 23.4 Å². The molecule has 2 aromatic carbocycles. The number of hydrogen-bond donors (Lipinski definition) is 1. The van der Waals surface area contributed by atoms with Gasteiger partial charge >= 0.3 is 0 Å². The van der Waals surface area contributed by atoms with Crippen LogP contribution >= 0.6 is 0 Å². The first kappa shape index (κ1) is 22.2. The highest BCUT2D eigenvalue weighted by molar-refractivity contribution is 6.10. The number of carbonyl (C=O) groups excluding carboxylic acids is 1. The quantitative estimate of drug-likeness (QED) is 0.448. The monoisotopic (exact) mass is 501 g/mol. The van der Waals surface area contributed by atoms with E-state index in [0.717, 1.165) is 17.5 Å². The molecule has 0 bridgehead atoms. The molecule has 2 aromatic heterocycles. The van der Waals surface area contributed by atoms with Gasteiger partial charge in [0.15, 0.2) is 0 Å². The van der Waals surface area contributed by atoms with Gasteiger partial charge in [0.05, 0.1) is 48.0 Å². The SMILES string of the molecule is Cn1ncc2c(N)nc3cc(F)c(C(=O)N4CCO[C@@H]5Oc6cc(C7=CCOCC7)ccc6[C@@H]54)cc3c21. The van der Waals surface area contributed by atoms with E-state index in [4.69, 9.17) is 19.9 Å². The zero-order valence-corrected chi connectivity index (χ0v) is 20.1. The number of nitrogen functional groups attached to an aromatic ring is 1. The second kappa shape index (κ2) is 8.25. The minimum atomic E-state index is -0.657. The number of pyridine rings is 1. The fraction of sp³-hybridized carbons (Fsp3) is 0.296. The molecule has 3 aliphatic rings. The van der Waals surface area contributed by atoms with Crippen LogP contribution in [-0.2, 0) is 16.5 Å². The van der Waals surface area contributed by atoms with Crippen LogP contribution in [0.15, 0.2) is 42.6 Å². The predicted octanol–water partition coefficient (Wildman–Crippen LogP) is 3.58. The summed E-state index contributed by atoms with van der Waals surface area (Å²) >= 11 is 0. The van der Waals surface area contributed by atoms with Crippen LogP contribution in [0.3, 0.4) is 0 Å². The van der Waals surface area contributed by atoms with Crippen LogP contribution in [0.1, 0.15) is 33.9 Å². The predicted molar refractivity (Wildman–Crippen MR) is 134 cm³/mol. The number of nitrogens with two attached hydrogens (primary N) is 1. The van der Waals surface area contributed by atoms with Gasteiger partial charge < -0.3 is 24.8 Å². The van der Waals surface area contributed by atoms with Crippen molar-refractivity contribution in [1.82, 2.24) is 19.7 Å². The summed E-state index contributed by atoms with van der Waals surface area (Å²) in [7, 11) is 1.77. The summed E-state index contributed by atoms with van der Waals surface area (Å²) < 4.78 is 34.4. The Bertz CT molecular complexity index is 1630. The van der Waals surface area contributed by atoms with Gasteiger partial charge in [0.2, 0.25) is 6.29 Å². The lowest BCUT2D eigenvalue weighted by Crippen LogP contribution is -2.47. The number of halogens is 1. The van der Waals surface area contributed by atoms with Crippen LogP contribution < -0.4 is 10.5 Å². The Morgan fingerprint density at radius 1 is 1.19 bits per heavy atom. The number of anilines is 1. The van der Waals surface area contributed by atoms with Crippen molar-refractivity contribution in [2.45, 2.75) is 18.8 Å². The first-order valence-corrected chi connectivity index (χ1v) is 12.2.